The number of ether oxygens (including phenoxy) is 1. The normalized spacial score (nSPS) is 19.6. The van der Waals surface area contributed by atoms with Crippen LogP contribution >= 0.6 is 0 Å². The number of carbonyl (C=O) groups is 4. The molecular formula is C30H34N6O5. The monoisotopic (exact) mass is 558 g/mol. The number of aromatic nitrogens is 2. The molecule has 2 aromatic carbocycles. The molecule has 2 saturated heterocycles. The van der Waals surface area contributed by atoms with Crippen LogP contribution in [0.2, 0.25) is 0 Å². The first-order valence-corrected chi connectivity index (χ1v) is 14.0. The van der Waals surface area contributed by atoms with E-state index in [4.69, 9.17) is 4.74 Å². The number of nitrogens with one attached hydrogen (secondary N) is 1. The predicted octanol–water partition coefficient (Wildman–Crippen LogP) is 4.14. The highest BCUT2D eigenvalue weighted by molar-refractivity contribution is 6.28. The number of benzene rings is 2. The largest absolute Gasteiger partial charge is 0.444 e. The fourth-order valence-electron chi connectivity index (χ4n) is 6.00. The number of rotatable bonds is 4. The van der Waals surface area contributed by atoms with Crippen molar-refractivity contribution in [1.29, 1.82) is 0 Å². The average Bonchev–Trinajstić information content (AvgIpc) is 3.53. The van der Waals surface area contributed by atoms with Gasteiger partial charge in [0.05, 0.1) is 23.6 Å². The summed E-state index contributed by atoms with van der Waals surface area (Å²) < 4.78 is 7.48. The van der Waals surface area contributed by atoms with Crippen LogP contribution in [0.5, 0.6) is 0 Å². The summed E-state index contributed by atoms with van der Waals surface area (Å²) in [6.45, 7) is 6.82. The fourth-order valence-corrected chi connectivity index (χ4v) is 6.00. The van der Waals surface area contributed by atoms with Gasteiger partial charge in [-0.15, -0.1) is 0 Å². The number of imide groups is 1. The van der Waals surface area contributed by atoms with Crippen molar-refractivity contribution in [3.8, 4) is 0 Å². The Hall–Kier alpha value is -4.41. The summed E-state index contributed by atoms with van der Waals surface area (Å²) in [5.74, 6) is -0.988. The maximum Gasteiger partial charge on any atom is 0.410 e. The van der Waals surface area contributed by atoms with E-state index in [0.29, 0.717) is 30.8 Å². The van der Waals surface area contributed by atoms with E-state index >= 15 is 0 Å². The van der Waals surface area contributed by atoms with Crippen molar-refractivity contribution in [2.75, 3.05) is 29.9 Å². The van der Waals surface area contributed by atoms with Crippen LogP contribution in [-0.2, 0) is 14.3 Å². The Morgan fingerprint density at radius 1 is 1.07 bits per heavy atom. The maximum absolute atomic E-state index is 13.5. The second-order valence-electron chi connectivity index (χ2n) is 11.9. The summed E-state index contributed by atoms with van der Waals surface area (Å²) >= 11 is 0. The molecule has 11 nitrogen and oxygen atoms in total. The SMILES string of the molecule is CN(c1cnn(C2CCN(C(=O)OC(C)(C)C)CC2)c1)c1ccc2c3c(cccc13)C(=O)N2C1CCC(=O)NC1=O. The number of likely N-dealkylation sites (tertiary alicyclic amines) is 1. The third-order valence-corrected chi connectivity index (χ3v) is 8.05. The number of anilines is 3. The third-order valence-electron chi connectivity index (χ3n) is 8.05. The van der Waals surface area contributed by atoms with Crippen molar-refractivity contribution in [1.82, 2.24) is 20.0 Å². The summed E-state index contributed by atoms with van der Waals surface area (Å²) in [5.41, 5.74) is 2.51. The van der Waals surface area contributed by atoms with Gasteiger partial charge in [-0.25, -0.2) is 4.79 Å². The molecule has 3 aliphatic rings. The van der Waals surface area contributed by atoms with Gasteiger partial charge in [-0.1, -0.05) is 12.1 Å². The second-order valence-corrected chi connectivity index (χ2v) is 11.9. The zero-order chi connectivity index (χ0) is 29.1. The third kappa shape index (κ3) is 4.79. The lowest BCUT2D eigenvalue weighted by atomic mass is 10.0. The molecule has 6 rings (SSSR count). The predicted molar refractivity (Wildman–Crippen MR) is 153 cm³/mol. The topological polar surface area (TPSA) is 117 Å². The number of hydrogen-bond acceptors (Lipinski definition) is 7. The number of nitrogens with zero attached hydrogens (tertiary/aromatic N) is 5. The van der Waals surface area contributed by atoms with Crippen LogP contribution in [0.15, 0.2) is 42.7 Å². The van der Waals surface area contributed by atoms with E-state index in [1.165, 1.54) is 4.90 Å². The van der Waals surface area contributed by atoms with Crippen molar-refractivity contribution >= 4 is 51.6 Å². The summed E-state index contributed by atoms with van der Waals surface area (Å²) in [4.78, 5) is 55.6. The van der Waals surface area contributed by atoms with E-state index in [0.717, 1.165) is 35.0 Å². The van der Waals surface area contributed by atoms with Gasteiger partial charge in [0, 0.05) is 54.8 Å². The van der Waals surface area contributed by atoms with Gasteiger partial charge in [0.25, 0.3) is 5.91 Å². The van der Waals surface area contributed by atoms with E-state index in [9.17, 15) is 19.2 Å². The Bertz CT molecular complexity index is 1570. The van der Waals surface area contributed by atoms with Crippen LogP contribution in [0.3, 0.4) is 0 Å². The molecule has 4 heterocycles. The summed E-state index contributed by atoms with van der Waals surface area (Å²) in [6, 6.07) is 8.89. The van der Waals surface area contributed by atoms with Crippen LogP contribution in [0.4, 0.5) is 21.9 Å². The minimum Gasteiger partial charge on any atom is -0.444 e. The van der Waals surface area contributed by atoms with E-state index in [1.807, 2.05) is 74.1 Å². The van der Waals surface area contributed by atoms with Gasteiger partial charge in [-0.05, 0) is 58.2 Å². The van der Waals surface area contributed by atoms with Gasteiger partial charge in [-0.3, -0.25) is 29.3 Å². The minimum atomic E-state index is -0.723. The standard InChI is InChI=1S/C30H34N6O5/c1-30(2,3)41-29(40)34-14-12-18(13-15-34)35-17-19(16-31-35)33(4)22-8-9-23-26-20(22)6-5-7-21(26)28(39)36(23)24-10-11-25(37)32-27(24)38/h5-9,16-18,24H,10-15H2,1-4H3,(H,32,37,38). The molecule has 3 aliphatic heterocycles. The van der Waals surface area contributed by atoms with E-state index < -0.39 is 17.6 Å². The number of hydrogen-bond donors (Lipinski definition) is 1. The van der Waals surface area contributed by atoms with Crippen molar-refractivity contribution in [2.45, 2.75) is 64.1 Å². The fraction of sp³-hybridized carbons (Fsp3) is 0.433. The molecule has 4 amide bonds. The molecule has 0 spiro atoms. The lowest BCUT2D eigenvalue weighted by molar-refractivity contribution is -0.134. The molecule has 3 aromatic rings. The Balaban J connectivity index is 1.22. The van der Waals surface area contributed by atoms with Crippen molar-refractivity contribution < 1.29 is 23.9 Å². The minimum absolute atomic E-state index is 0.170. The van der Waals surface area contributed by atoms with Gasteiger partial charge in [-0.2, -0.15) is 5.10 Å². The summed E-state index contributed by atoms with van der Waals surface area (Å²) in [6.07, 6.45) is 5.61. The molecule has 1 atom stereocenters. The molecule has 1 aromatic heterocycles. The molecule has 0 radical (unpaired) electrons. The van der Waals surface area contributed by atoms with E-state index in [-0.39, 0.29) is 30.4 Å². The molecule has 41 heavy (non-hydrogen) atoms. The van der Waals surface area contributed by atoms with Crippen molar-refractivity contribution in [2.24, 2.45) is 0 Å². The Labute approximate surface area is 238 Å². The van der Waals surface area contributed by atoms with E-state index in [2.05, 4.69) is 10.4 Å². The lowest BCUT2D eigenvalue weighted by Crippen LogP contribution is -2.53. The van der Waals surface area contributed by atoms with Gasteiger partial charge in [0.2, 0.25) is 11.8 Å². The van der Waals surface area contributed by atoms with Gasteiger partial charge >= 0.3 is 6.09 Å². The van der Waals surface area contributed by atoms with Gasteiger partial charge < -0.3 is 14.5 Å². The quantitative estimate of drug-likeness (QED) is 0.478. The summed E-state index contributed by atoms with van der Waals surface area (Å²) in [7, 11) is 1.96. The number of amides is 4. The van der Waals surface area contributed by atoms with Gasteiger partial charge in [0.15, 0.2) is 0 Å². The van der Waals surface area contributed by atoms with Crippen LogP contribution in [0.25, 0.3) is 10.8 Å². The highest BCUT2D eigenvalue weighted by Gasteiger charge is 2.41. The number of piperidine rings is 2. The van der Waals surface area contributed by atoms with Crippen LogP contribution in [-0.4, -0.2) is 70.3 Å². The molecule has 1 unspecified atom stereocenters. The Morgan fingerprint density at radius 2 is 1.83 bits per heavy atom. The second kappa shape index (κ2) is 9.90. The zero-order valence-electron chi connectivity index (χ0n) is 23.7. The molecule has 2 fully saturated rings. The molecule has 214 valence electrons. The Morgan fingerprint density at radius 3 is 2.54 bits per heavy atom. The van der Waals surface area contributed by atoms with Gasteiger partial charge in [0.1, 0.15) is 11.6 Å². The van der Waals surface area contributed by atoms with Crippen LogP contribution < -0.4 is 15.1 Å². The van der Waals surface area contributed by atoms with Crippen molar-refractivity contribution in [3.05, 3.63) is 48.3 Å². The molecular weight excluding hydrogens is 524 g/mol. The molecule has 0 bridgehead atoms. The van der Waals surface area contributed by atoms with Crippen LogP contribution in [0, 0.1) is 0 Å². The average molecular weight is 559 g/mol. The maximum atomic E-state index is 13.5. The first kappa shape index (κ1) is 26.8. The smallest absolute Gasteiger partial charge is 0.410 e. The molecule has 0 aliphatic carbocycles. The van der Waals surface area contributed by atoms with Crippen molar-refractivity contribution in [3.63, 3.8) is 0 Å². The van der Waals surface area contributed by atoms with Crippen LogP contribution in [0.1, 0.15) is 62.9 Å². The molecule has 0 saturated carbocycles. The number of carbonyl (C=O) groups excluding carboxylic acids is 4. The molecule has 1 N–H and O–H groups in total. The highest BCUT2D eigenvalue weighted by atomic mass is 16.6. The van der Waals surface area contributed by atoms with E-state index in [1.54, 1.807) is 11.0 Å². The zero-order valence-corrected chi connectivity index (χ0v) is 23.7. The summed E-state index contributed by atoms with van der Waals surface area (Å²) in [5, 5.41) is 8.71. The molecule has 11 heteroatoms. The first-order chi connectivity index (χ1) is 19.5. The first-order valence-electron chi connectivity index (χ1n) is 14.0. The highest BCUT2D eigenvalue weighted by Crippen LogP contribution is 2.44. The lowest BCUT2D eigenvalue weighted by Gasteiger charge is -2.33. The Kier molecular flexibility index (Phi) is 6.47.